The lowest BCUT2D eigenvalue weighted by Crippen LogP contribution is -2.49. The molecule has 2 N–H and O–H groups in total. The van der Waals surface area contributed by atoms with Crippen LogP contribution in [0.1, 0.15) is 42.3 Å². The molecule has 3 aromatic heterocycles. The normalized spacial score (nSPS) is 18.8. The highest BCUT2D eigenvalue weighted by atomic mass is 32.1. The molecule has 6 rings (SSSR count). The summed E-state index contributed by atoms with van der Waals surface area (Å²) in [6.45, 7) is 8.29. The Morgan fingerprint density at radius 2 is 1.84 bits per heavy atom. The molecular weight excluding hydrogens is 603 g/mol. The third kappa shape index (κ3) is 7.58. The van der Waals surface area contributed by atoms with Crippen molar-refractivity contribution in [3.63, 3.8) is 0 Å². The number of alkyl halides is 3. The maximum Gasteiger partial charge on any atom is 0.393 e. The van der Waals surface area contributed by atoms with Crippen LogP contribution >= 0.6 is 11.3 Å². The number of nitrogens with zero attached hydrogens (tertiary/aromatic N) is 6. The van der Waals surface area contributed by atoms with Crippen molar-refractivity contribution in [3.8, 4) is 6.07 Å². The highest BCUT2D eigenvalue weighted by Crippen LogP contribution is 2.33. The minimum Gasteiger partial charge on any atom is -0.387 e. The van der Waals surface area contributed by atoms with Gasteiger partial charge in [-0.3, -0.25) is 9.80 Å². The van der Waals surface area contributed by atoms with Crippen LogP contribution < -0.4 is 5.32 Å². The van der Waals surface area contributed by atoms with Gasteiger partial charge in [0.2, 0.25) is 0 Å². The molecule has 0 radical (unpaired) electrons. The SMILES string of the molecule is CCC(O)(CN1CCOCC1)Cn1c(C#N)cc2cc(CN3CCC(Nc4ncnc5sc(CC(F)(F)F)cc45)CC3)ccc21. The number of hydrogen-bond acceptors (Lipinski definition) is 9. The van der Waals surface area contributed by atoms with Gasteiger partial charge in [0, 0.05) is 61.1 Å². The van der Waals surface area contributed by atoms with Crippen LogP contribution in [0.4, 0.5) is 19.0 Å². The molecule has 4 aromatic rings. The summed E-state index contributed by atoms with van der Waals surface area (Å²) in [6, 6.07) is 12.2. The first-order valence-electron chi connectivity index (χ1n) is 15.5. The number of nitriles is 1. The van der Waals surface area contributed by atoms with Crippen LogP contribution in [0.5, 0.6) is 0 Å². The Morgan fingerprint density at radius 1 is 1.07 bits per heavy atom. The molecule has 0 bridgehead atoms. The number of ether oxygens (including phenoxy) is 1. The quantitative estimate of drug-likeness (QED) is 0.245. The molecule has 0 aliphatic carbocycles. The monoisotopic (exact) mass is 641 g/mol. The topological polar surface area (TPSA) is 102 Å². The molecule has 0 amide bonds. The van der Waals surface area contributed by atoms with E-state index >= 15 is 0 Å². The van der Waals surface area contributed by atoms with Gasteiger partial charge >= 0.3 is 6.18 Å². The van der Waals surface area contributed by atoms with E-state index in [0.717, 1.165) is 73.4 Å². The number of halogens is 3. The van der Waals surface area contributed by atoms with Crippen molar-refractivity contribution in [2.75, 3.05) is 51.3 Å². The summed E-state index contributed by atoms with van der Waals surface area (Å²) in [5, 5.41) is 26.5. The molecular formula is C32H38F3N7O2S. The van der Waals surface area contributed by atoms with Gasteiger partial charge in [0.15, 0.2) is 0 Å². The number of aliphatic hydroxyl groups is 1. The second-order valence-electron chi connectivity index (χ2n) is 12.2. The average Bonchev–Trinajstić information content (AvgIpc) is 3.58. The molecule has 2 saturated heterocycles. The number of fused-ring (bicyclic) bond motifs is 2. The van der Waals surface area contributed by atoms with E-state index in [1.165, 1.54) is 6.33 Å². The van der Waals surface area contributed by atoms with Crippen LogP contribution in [-0.2, 0) is 24.2 Å². The van der Waals surface area contributed by atoms with Crippen LogP contribution in [0.3, 0.4) is 0 Å². The first kappa shape index (κ1) is 31.7. The number of anilines is 1. The number of hydrogen-bond donors (Lipinski definition) is 2. The Labute approximate surface area is 264 Å². The molecule has 13 heteroatoms. The number of likely N-dealkylation sites (tertiary alicyclic amines) is 1. The zero-order valence-corrected chi connectivity index (χ0v) is 26.1. The van der Waals surface area contributed by atoms with Gasteiger partial charge in [-0.15, -0.1) is 11.3 Å². The molecule has 1 atom stereocenters. The Morgan fingerprint density at radius 3 is 2.56 bits per heavy atom. The van der Waals surface area contributed by atoms with Crippen LogP contribution in [-0.4, -0.2) is 93.2 Å². The van der Waals surface area contributed by atoms with Gasteiger partial charge in [-0.05, 0) is 49.1 Å². The van der Waals surface area contributed by atoms with Gasteiger partial charge in [0.05, 0.1) is 37.2 Å². The molecule has 9 nitrogen and oxygen atoms in total. The van der Waals surface area contributed by atoms with Crippen molar-refractivity contribution < 1.29 is 23.0 Å². The molecule has 2 fully saturated rings. The molecule has 2 aliphatic heterocycles. The number of morpholine rings is 1. The lowest BCUT2D eigenvalue weighted by Gasteiger charge is -2.36. The first-order valence-corrected chi connectivity index (χ1v) is 16.3. The third-order valence-electron chi connectivity index (χ3n) is 8.90. The standard InChI is InChI=1S/C32H38F3N7O2S/c1-2-31(43,19-41-9-11-44-12-10-41)20-42-25(17-36)14-23-13-22(3-4-28(23)42)18-40-7-5-24(6-8-40)39-29-27-15-26(16-32(33,34)35)45-30(27)38-21-37-29/h3-4,13-15,21,24,43H,2,5-12,16,18-20H2,1H3,(H,37,38,39). The summed E-state index contributed by atoms with van der Waals surface area (Å²) in [6.07, 6.45) is -1.49. The van der Waals surface area contributed by atoms with Gasteiger partial charge < -0.3 is 19.7 Å². The van der Waals surface area contributed by atoms with Crippen molar-refractivity contribution in [1.29, 1.82) is 5.26 Å². The minimum atomic E-state index is -4.26. The second-order valence-corrected chi connectivity index (χ2v) is 13.3. The van der Waals surface area contributed by atoms with E-state index in [1.54, 1.807) is 6.07 Å². The fourth-order valence-electron chi connectivity index (χ4n) is 6.42. The highest BCUT2D eigenvalue weighted by molar-refractivity contribution is 7.18. The largest absolute Gasteiger partial charge is 0.393 e. The van der Waals surface area contributed by atoms with Crippen molar-refractivity contribution in [2.24, 2.45) is 0 Å². The first-order chi connectivity index (χ1) is 21.6. The summed E-state index contributed by atoms with van der Waals surface area (Å²) in [7, 11) is 0. The Balaban J connectivity index is 1.08. The molecule has 1 unspecified atom stereocenters. The Bertz CT molecular complexity index is 1670. The number of benzene rings is 1. The molecule has 0 saturated carbocycles. The summed E-state index contributed by atoms with van der Waals surface area (Å²) < 4.78 is 46.2. The number of β-amino-alcohol motifs (C(OH)–C–C–N with tert-alkyl or cyclic N) is 1. The van der Waals surface area contributed by atoms with E-state index < -0.39 is 18.2 Å². The molecule has 0 spiro atoms. The van der Waals surface area contributed by atoms with Crippen molar-refractivity contribution in [3.05, 3.63) is 52.8 Å². The smallest absolute Gasteiger partial charge is 0.387 e. The second kappa shape index (κ2) is 13.2. The van der Waals surface area contributed by atoms with E-state index in [2.05, 4.69) is 49.4 Å². The van der Waals surface area contributed by atoms with Crippen molar-refractivity contribution in [1.82, 2.24) is 24.3 Å². The van der Waals surface area contributed by atoms with Gasteiger partial charge in [0.25, 0.3) is 0 Å². The van der Waals surface area contributed by atoms with Gasteiger partial charge in [-0.1, -0.05) is 13.0 Å². The van der Waals surface area contributed by atoms with Crippen molar-refractivity contribution in [2.45, 2.75) is 63.5 Å². The molecule has 45 heavy (non-hydrogen) atoms. The van der Waals surface area contributed by atoms with Crippen molar-refractivity contribution >= 4 is 38.3 Å². The Hall–Kier alpha value is -3.28. The van der Waals surface area contributed by atoms with E-state index in [1.807, 2.05) is 17.6 Å². The van der Waals surface area contributed by atoms with E-state index in [0.29, 0.717) is 54.5 Å². The zero-order valence-electron chi connectivity index (χ0n) is 25.3. The van der Waals surface area contributed by atoms with Crippen LogP contribution in [0.15, 0.2) is 36.7 Å². The molecule has 2 aliphatic rings. The maximum atomic E-state index is 12.9. The number of thiophene rings is 1. The lowest BCUT2D eigenvalue weighted by molar-refractivity contribution is -0.126. The average molecular weight is 642 g/mol. The Kier molecular flexibility index (Phi) is 9.31. The van der Waals surface area contributed by atoms with Gasteiger partial charge in [0.1, 0.15) is 28.7 Å². The number of piperidine rings is 1. The number of aromatic nitrogens is 3. The fraction of sp³-hybridized carbons (Fsp3) is 0.531. The van der Waals surface area contributed by atoms with Crippen LogP contribution in [0.25, 0.3) is 21.1 Å². The van der Waals surface area contributed by atoms with Crippen LogP contribution in [0.2, 0.25) is 0 Å². The number of rotatable bonds is 10. The number of nitrogens with one attached hydrogen (secondary N) is 1. The molecule has 5 heterocycles. The molecule has 240 valence electrons. The minimum absolute atomic E-state index is 0.162. The third-order valence-corrected chi connectivity index (χ3v) is 9.95. The summed E-state index contributed by atoms with van der Waals surface area (Å²) in [5.41, 5.74) is 1.67. The summed E-state index contributed by atoms with van der Waals surface area (Å²) in [5.74, 6) is 0.589. The molecule has 1 aromatic carbocycles. The summed E-state index contributed by atoms with van der Waals surface area (Å²) >= 11 is 1.06. The van der Waals surface area contributed by atoms with E-state index in [-0.39, 0.29) is 10.9 Å². The van der Waals surface area contributed by atoms with E-state index in [4.69, 9.17) is 4.74 Å². The zero-order chi connectivity index (χ0) is 31.6. The van der Waals surface area contributed by atoms with Gasteiger partial charge in [-0.2, -0.15) is 18.4 Å². The highest BCUT2D eigenvalue weighted by Gasteiger charge is 2.31. The summed E-state index contributed by atoms with van der Waals surface area (Å²) in [4.78, 5) is 13.9. The fourth-order valence-corrected chi connectivity index (χ4v) is 7.44. The van der Waals surface area contributed by atoms with E-state index in [9.17, 15) is 23.5 Å². The predicted molar refractivity (Wildman–Crippen MR) is 168 cm³/mol. The lowest BCUT2D eigenvalue weighted by atomic mass is 9.99. The predicted octanol–water partition coefficient (Wildman–Crippen LogP) is 5.17. The van der Waals surface area contributed by atoms with Crippen LogP contribution in [0, 0.1) is 11.3 Å². The van der Waals surface area contributed by atoms with Gasteiger partial charge in [-0.25, -0.2) is 9.97 Å². The maximum absolute atomic E-state index is 12.9.